The first-order valence-electron chi connectivity index (χ1n) is 8.54. The van der Waals surface area contributed by atoms with Crippen molar-refractivity contribution in [1.82, 2.24) is 0 Å². The van der Waals surface area contributed by atoms with Gasteiger partial charge in [0.2, 0.25) is 0 Å². The van der Waals surface area contributed by atoms with E-state index in [1.165, 1.54) is 36.5 Å². The van der Waals surface area contributed by atoms with E-state index in [1.54, 1.807) is 26.2 Å². The van der Waals surface area contributed by atoms with Crippen LogP contribution in [-0.4, -0.2) is 19.7 Å². The zero-order valence-electron chi connectivity index (χ0n) is 15.6. The predicted octanol–water partition coefficient (Wildman–Crippen LogP) is 5.28. The Labute approximate surface area is 146 Å². The number of allylic oxidation sites excluding steroid dienone is 8. The van der Waals surface area contributed by atoms with Crippen molar-refractivity contribution in [2.75, 3.05) is 13.7 Å². The van der Waals surface area contributed by atoms with Crippen LogP contribution in [0, 0.1) is 5.41 Å². The maximum atomic E-state index is 11.2. The van der Waals surface area contributed by atoms with Crippen LogP contribution < -0.4 is 0 Å². The van der Waals surface area contributed by atoms with Gasteiger partial charge in [-0.25, -0.2) is 4.79 Å². The molecule has 0 N–H and O–H groups in total. The van der Waals surface area contributed by atoms with E-state index in [0.717, 1.165) is 5.76 Å². The molecule has 0 aromatic rings. The summed E-state index contributed by atoms with van der Waals surface area (Å²) in [6.07, 6.45) is 16.4. The molecule has 1 aliphatic carbocycles. The molecule has 132 valence electrons. The number of carbonyl (C=O) groups excluding carboxylic acids is 1. The Morgan fingerprint density at radius 3 is 2.58 bits per heavy atom. The van der Waals surface area contributed by atoms with E-state index in [-0.39, 0.29) is 11.4 Å². The SMILES string of the molecule is CCOC(=O)/C=C/C=C/C=C(\C=C\C1=C(C)CCCC1(C)C)OC. The highest BCUT2D eigenvalue weighted by Crippen LogP contribution is 2.40. The topological polar surface area (TPSA) is 35.5 Å². The lowest BCUT2D eigenvalue weighted by Crippen LogP contribution is -2.19. The molecule has 0 saturated heterocycles. The molecule has 0 radical (unpaired) electrons. The molecular weight excluding hydrogens is 300 g/mol. The first-order chi connectivity index (χ1) is 11.4. The van der Waals surface area contributed by atoms with E-state index in [0.29, 0.717) is 6.61 Å². The monoisotopic (exact) mass is 330 g/mol. The summed E-state index contributed by atoms with van der Waals surface area (Å²) < 4.78 is 10.2. The smallest absolute Gasteiger partial charge is 0.330 e. The minimum Gasteiger partial charge on any atom is -0.497 e. The quantitative estimate of drug-likeness (QED) is 0.276. The number of rotatable bonds is 7. The van der Waals surface area contributed by atoms with Crippen LogP contribution in [0.5, 0.6) is 0 Å². The molecule has 3 nitrogen and oxygen atoms in total. The Hall–Kier alpha value is -2.03. The first-order valence-corrected chi connectivity index (χ1v) is 8.54. The zero-order valence-corrected chi connectivity index (χ0v) is 15.6. The van der Waals surface area contributed by atoms with E-state index >= 15 is 0 Å². The van der Waals surface area contributed by atoms with Gasteiger partial charge in [-0.15, -0.1) is 0 Å². The number of methoxy groups -OCH3 is 1. The maximum Gasteiger partial charge on any atom is 0.330 e. The summed E-state index contributed by atoms with van der Waals surface area (Å²) in [5, 5.41) is 0. The highest BCUT2D eigenvalue weighted by molar-refractivity contribution is 5.82. The molecule has 0 bridgehead atoms. The van der Waals surface area contributed by atoms with Crippen molar-refractivity contribution in [2.24, 2.45) is 5.41 Å². The van der Waals surface area contributed by atoms with Crippen LogP contribution >= 0.6 is 0 Å². The van der Waals surface area contributed by atoms with Crippen LogP contribution in [0.1, 0.15) is 47.0 Å². The normalized spacial score (nSPS) is 18.8. The van der Waals surface area contributed by atoms with Crippen molar-refractivity contribution in [3.63, 3.8) is 0 Å². The summed E-state index contributed by atoms with van der Waals surface area (Å²) in [5.41, 5.74) is 3.09. The van der Waals surface area contributed by atoms with E-state index in [9.17, 15) is 4.79 Å². The third-order valence-corrected chi connectivity index (χ3v) is 4.19. The second-order valence-corrected chi connectivity index (χ2v) is 6.53. The fourth-order valence-electron chi connectivity index (χ4n) is 2.91. The minimum absolute atomic E-state index is 0.218. The molecule has 0 aromatic heterocycles. The molecule has 0 aliphatic heterocycles. The number of ether oxygens (including phenoxy) is 2. The lowest BCUT2D eigenvalue weighted by molar-refractivity contribution is -0.137. The third-order valence-electron chi connectivity index (χ3n) is 4.19. The van der Waals surface area contributed by atoms with Gasteiger partial charge in [0.25, 0.3) is 0 Å². The predicted molar refractivity (Wildman–Crippen MR) is 99.5 cm³/mol. The van der Waals surface area contributed by atoms with Gasteiger partial charge in [0.15, 0.2) is 0 Å². The van der Waals surface area contributed by atoms with Gasteiger partial charge < -0.3 is 9.47 Å². The standard InChI is InChI=1S/C21H30O3/c1-6-24-20(22)13-9-7-8-12-18(23-5)14-15-19-17(2)11-10-16-21(19,3)4/h7-9,12-15H,6,10-11,16H2,1-5H3/b8-7+,13-9+,15-14+,18-12+. The molecule has 0 atom stereocenters. The average molecular weight is 330 g/mol. The Balaban J connectivity index is 2.74. The minimum atomic E-state index is -0.333. The number of hydrogen-bond acceptors (Lipinski definition) is 3. The van der Waals surface area contributed by atoms with Gasteiger partial charge >= 0.3 is 5.97 Å². The average Bonchev–Trinajstić information content (AvgIpc) is 2.51. The van der Waals surface area contributed by atoms with Crippen LogP contribution in [0.15, 0.2) is 59.4 Å². The van der Waals surface area contributed by atoms with Gasteiger partial charge in [-0.2, -0.15) is 0 Å². The van der Waals surface area contributed by atoms with Gasteiger partial charge in [-0.1, -0.05) is 43.7 Å². The van der Waals surface area contributed by atoms with Gasteiger partial charge in [0, 0.05) is 6.08 Å². The highest BCUT2D eigenvalue weighted by Gasteiger charge is 2.26. The van der Waals surface area contributed by atoms with Crippen molar-refractivity contribution >= 4 is 5.97 Å². The lowest BCUT2D eigenvalue weighted by Gasteiger charge is -2.32. The molecule has 1 rings (SSSR count). The number of carbonyl (C=O) groups is 1. The summed E-state index contributed by atoms with van der Waals surface area (Å²) in [6.45, 7) is 8.98. The van der Waals surface area contributed by atoms with Crippen molar-refractivity contribution in [1.29, 1.82) is 0 Å². The molecule has 0 aromatic carbocycles. The fraction of sp³-hybridized carbons (Fsp3) is 0.476. The molecule has 0 heterocycles. The summed E-state index contributed by atoms with van der Waals surface area (Å²) in [6, 6.07) is 0. The molecular formula is C21H30O3. The Kier molecular flexibility index (Phi) is 8.31. The summed E-state index contributed by atoms with van der Waals surface area (Å²) in [7, 11) is 1.66. The van der Waals surface area contributed by atoms with Crippen LogP contribution in [-0.2, 0) is 14.3 Å². The lowest BCUT2D eigenvalue weighted by atomic mass is 9.72. The van der Waals surface area contributed by atoms with E-state index in [1.807, 2.05) is 18.2 Å². The molecule has 24 heavy (non-hydrogen) atoms. The summed E-state index contributed by atoms with van der Waals surface area (Å²) in [5.74, 6) is 0.442. The van der Waals surface area contributed by atoms with Gasteiger partial charge in [-0.05, 0) is 56.3 Å². The largest absolute Gasteiger partial charge is 0.497 e. The maximum absolute atomic E-state index is 11.2. The van der Waals surface area contributed by atoms with Crippen molar-refractivity contribution < 1.29 is 14.3 Å². The first kappa shape index (κ1) is 20.0. The van der Waals surface area contributed by atoms with Crippen molar-refractivity contribution in [3.05, 3.63) is 59.4 Å². The second-order valence-electron chi connectivity index (χ2n) is 6.53. The van der Waals surface area contributed by atoms with Gasteiger partial charge in [0.05, 0.1) is 13.7 Å². The van der Waals surface area contributed by atoms with Crippen LogP contribution in [0.4, 0.5) is 0 Å². The molecule has 1 aliphatic rings. The molecule has 0 saturated carbocycles. The van der Waals surface area contributed by atoms with E-state index in [4.69, 9.17) is 9.47 Å². The van der Waals surface area contributed by atoms with E-state index in [2.05, 4.69) is 26.8 Å². The highest BCUT2D eigenvalue weighted by atomic mass is 16.5. The van der Waals surface area contributed by atoms with Crippen molar-refractivity contribution in [3.8, 4) is 0 Å². The molecule has 0 unspecified atom stereocenters. The van der Waals surface area contributed by atoms with Crippen molar-refractivity contribution in [2.45, 2.75) is 47.0 Å². The van der Waals surface area contributed by atoms with Crippen LogP contribution in [0.25, 0.3) is 0 Å². The number of esters is 1. The van der Waals surface area contributed by atoms with E-state index < -0.39 is 0 Å². The van der Waals surface area contributed by atoms with Gasteiger partial charge in [0.1, 0.15) is 5.76 Å². The Morgan fingerprint density at radius 1 is 1.21 bits per heavy atom. The molecule has 0 fully saturated rings. The fourth-order valence-corrected chi connectivity index (χ4v) is 2.91. The zero-order chi connectivity index (χ0) is 18.0. The Bertz CT molecular complexity index is 572. The molecule has 3 heteroatoms. The van der Waals surface area contributed by atoms with Crippen LogP contribution in [0.3, 0.4) is 0 Å². The Morgan fingerprint density at radius 2 is 1.96 bits per heavy atom. The summed E-state index contributed by atoms with van der Waals surface area (Å²) >= 11 is 0. The van der Waals surface area contributed by atoms with Gasteiger partial charge in [-0.3, -0.25) is 0 Å². The second kappa shape index (κ2) is 9.96. The number of hydrogen-bond donors (Lipinski definition) is 0. The summed E-state index contributed by atoms with van der Waals surface area (Å²) in [4.78, 5) is 11.2. The third kappa shape index (κ3) is 6.61. The molecule has 0 spiro atoms. The molecule has 0 amide bonds. The van der Waals surface area contributed by atoms with Crippen LogP contribution in [0.2, 0.25) is 0 Å².